The monoisotopic (exact) mass is 266 g/mol. The molecule has 0 radical (unpaired) electrons. The van der Waals surface area contributed by atoms with E-state index in [2.05, 4.69) is 10.2 Å². The second-order valence-electron chi connectivity index (χ2n) is 3.88. The molecular formula is C11H11FN4O3. The quantitative estimate of drug-likeness (QED) is 0.621. The van der Waals surface area contributed by atoms with Gasteiger partial charge in [-0.3, -0.25) is 10.1 Å². The Bertz CT molecular complexity index is 626. The van der Waals surface area contributed by atoms with E-state index in [-0.39, 0.29) is 12.4 Å². The van der Waals surface area contributed by atoms with Crippen molar-refractivity contribution >= 4 is 5.69 Å². The summed E-state index contributed by atoms with van der Waals surface area (Å²) in [5.41, 5.74) is -0.582. The molecule has 1 aromatic carbocycles. The van der Waals surface area contributed by atoms with Crippen molar-refractivity contribution in [1.82, 2.24) is 14.8 Å². The summed E-state index contributed by atoms with van der Waals surface area (Å²) in [6.45, 7) is 1.90. The average molecular weight is 266 g/mol. The lowest BCUT2D eigenvalue weighted by Gasteiger charge is -2.06. The molecule has 0 N–H and O–H groups in total. The van der Waals surface area contributed by atoms with Gasteiger partial charge in [0.05, 0.1) is 4.92 Å². The minimum absolute atomic E-state index is 0.106. The molecular weight excluding hydrogens is 255 g/mol. The number of nitrogens with zero attached hydrogens (tertiary/aromatic N) is 4. The average Bonchev–Trinajstić information content (AvgIpc) is 2.67. The number of hydrogen-bond acceptors (Lipinski definition) is 5. The van der Waals surface area contributed by atoms with Gasteiger partial charge in [-0.05, 0) is 13.0 Å². The fraction of sp³-hybridized carbons (Fsp3) is 0.273. The topological polar surface area (TPSA) is 83.1 Å². The second-order valence-corrected chi connectivity index (χ2v) is 3.88. The van der Waals surface area contributed by atoms with Crippen molar-refractivity contribution in [2.24, 2.45) is 7.05 Å². The zero-order valence-electron chi connectivity index (χ0n) is 10.3. The molecule has 0 spiro atoms. The molecule has 0 aliphatic carbocycles. The van der Waals surface area contributed by atoms with Crippen molar-refractivity contribution in [1.29, 1.82) is 0 Å². The molecule has 8 heteroatoms. The van der Waals surface area contributed by atoms with Crippen LogP contribution in [0.4, 0.5) is 10.1 Å². The van der Waals surface area contributed by atoms with Gasteiger partial charge in [0.25, 0.3) is 0 Å². The molecule has 0 saturated heterocycles. The van der Waals surface area contributed by atoms with Gasteiger partial charge in [0.1, 0.15) is 18.2 Å². The van der Waals surface area contributed by atoms with Crippen LogP contribution in [0.1, 0.15) is 11.6 Å². The first-order valence-corrected chi connectivity index (χ1v) is 5.40. The predicted octanol–water partition coefficient (Wildman–Crippen LogP) is 1.75. The fourth-order valence-corrected chi connectivity index (χ4v) is 1.45. The van der Waals surface area contributed by atoms with Crippen LogP contribution in [-0.2, 0) is 13.7 Å². The number of rotatable bonds is 4. The molecule has 1 aromatic heterocycles. The van der Waals surface area contributed by atoms with Crippen LogP contribution in [0.5, 0.6) is 5.75 Å². The standard InChI is InChI=1S/C11H11FN4O3/c1-7-13-14-11(15(7)2)6-19-8-3-4-10(16(17)18)9(12)5-8/h3-5H,6H2,1-2H3. The first-order chi connectivity index (χ1) is 8.99. The van der Waals surface area contributed by atoms with E-state index in [0.29, 0.717) is 5.82 Å². The van der Waals surface area contributed by atoms with E-state index in [0.717, 1.165) is 18.0 Å². The number of halogens is 1. The van der Waals surface area contributed by atoms with Crippen LogP contribution in [0, 0.1) is 22.9 Å². The van der Waals surface area contributed by atoms with Crippen LogP contribution in [0.15, 0.2) is 18.2 Å². The Hall–Kier alpha value is -2.51. The third-order valence-electron chi connectivity index (χ3n) is 2.67. The molecule has 19 heavy (non-hydrogen) atoms. The number of hydrogen-bond donors (Lipinski definition) is 0. The Labute approximate surface area is 107 Å². The summed E-state index contributed by atoms with van der Waals surface area (Å²) in [6, 6.07) is 3.37. The molecule has 100 valence electrons. The molecule has 0 atom stereocenters. The van der Waals surface area contributed by atoms with Crippen molar-refractivity contribution in [2.75, 3.05) is 0 Å². The Kier molecular flexibility index (Phi) is 3.41. The molecule has 0 unspecified atom stereocenters. The number of nitro benzene ring substituents is 1. The summed E-state index contributed by atoms with van der Waals surface area (Å²) >= 11 is 0. The van der Waals surface area contributed by atoms with Gasteiger partial charge in [0, 0.05) is 19.2 Å². The molecule has 0 fully saturated rings. The van der Waals surface area contributed by atoms with Gasteiger partial charge >= 0.3 is 5.69 Å². The lowest BCUT2D eigenvalue weighted by atomic mass is 10.3. The number of benzene rings is 1. The Balaban J connectivity index is 2.10. The Morgan fingerprint density at radius 2 is 2.21 bits per heavy atom. The smallest absolute Gasteiger partial charge is 0.305 e. The molecule has 0 saturated carbocycles. The minimum atomic E-state index is -0.934. The molecule has 0 aliphatic heterocycles. The lowest BCUT2D eigenvalue weighted by Crippen LogP contribution is -2.04. The fourth-order valence-electron chi connectivity index (χ4n) is 1.45. The van der Waals surface area contributed by atoms with Gasteiger partial charge in [0.2, 0.25) is 5.82 Å². The van der Waals surface area contributed by atoms with Crippen LogP contribution in [0.2, 0.25) is 0 Å². The highest BCUT2D eigenvalue weighted by Crippen LogP contribution is 2.22. The van der Waals surface area contributed by atoms with Crippen molar-refractivity contribution < 1.29 is 14.1 Å². The number of ether oxygens (including phenoxy) is 1. The van der Waals surface area contributed by atoms with Gasteiger partial charge in [-0.15, -0.1) is 10.2 Å². The predicted molar refractivity (Wildman–Crippen MR) is 63.1 cm³/mol. The summed E-state index contributed by atoms with van der Waals surface area (Å²) in [5, 5.41) is 18.2. The van der Waals surface area contributed by atoms with E-state index < -0.39 is 16.4 Å². The first-order valence-electron chi connectivity index (χ1n) is 5.40. The van der Waals surface area contributed by atoms with E-state index in [1.807, 2.05) is 0 Å². The molecule has 7 nitrogen and oxygen atoms in total. The SMILES string of the molecule is Cc1nnc(COc2ccc([N+](=O)[O-])c(F)c2)n1C. The number of aromatic nitrogens is 3. The van der Waals surface area contributed by atoms with E-state index in [1.54, 1.807) is 18.5 Å². The summed E-state index contributed by atoms with van der Waals surface area (Å²) in [5.74, 6) is 0.574. The second kappa shape index (κ2) is 5.01. The zero-order chi connectivity index (χ0) is 14.0. The minimum Gasteiger partial charge on any atom is -0.485 e. The van der Waals surface area contributed by atoms with Crippen LogP contribution >= 0.6 is 0 Å². The van der Waals surface area contributed by atoms with Crippen molar-refractivity contribution in [3.05, 3.63) is 45.8 Å². The number of aryl methyl sites for hydroxylation is 1. The number of nitro groups is 1. The molecule has 2 aromatic rings. The van der Waals surface area contributed by atoms with E-state index in [1.165, 1.54) is 6.07 Å². The third kappa shape index (κ3) is 2.67. The van der Waals surface area contributed by atoms with Crippen LogP contribution in [-0.4, -0.2) is 19.7 Å². The summed E-state index contributed by atoms with van der Waals surface area (Å²) < 4.78 is 20.4. The molecule has 2 rings (SSSR count). The summed E-state index contributed by atoms with van der Waals surface area (Å²) in [7, 11) is 1.78. The molecule has 0 bridgehead atoms. The van der Waals surface area contributed by atoms with Crippen molar-refractivity contribution in [3.63, 3.8) is 0 Å². The van der Waals surface area contributed by atoms with Crippen molar-refractivity contribution in [2.45, 2.75) is 13.5 Å². The van der Waals surface area contributed by atoms with Gasteiger partial charge in [0.15, 0.2) is 5.82 Å². The summed E-state index contributed by atoms with van der Waals surface area (Å²) in [4.78, 5) is 9.68. The largest absolute Gasteiger partial charge is 0.485 e. The lowest BCUT2D eigenvalue weighted by molar-refractivity contribution is -0.387. The van der Waals surface area contributed by atoms with Crippen LogP contribution < -0.4 is 4.74 Å². The first kappa shape index (κ1) is 12.9. The highest BCUT2D eigenvalue weighted by Gasteiger charge is 2.14. The molecule has 0 aliphatic rings. The maximum absolute atomic E-state index is 13.4. The Morgan fingerprint density at radius 1 is 1.47 bits per heavy atom. The highest BCUT2D eigenvalue weighted by atomic mass is 19.1. The zero-order valence-corrected chi connectivity index (χ0v) is 10.3. The molecule has 1 heterocycles. The van der Waals surface area contributed by atoms with E-state index >= 15 is 0 Å². The Morgan fingerprint density at radius 3 is 2.74 bits per heavy atom. The van der Waals surface area contributed by atoms with Crippen LogP contribution in [0.25, 0.3) is 0 Å². The highest BCUT2D eigenvalue weighted by molar-refractivity contribution is 5.37. The van der Waals surface area contributed by atoms with Crippen molar-refractivity contribution in [3.8, 4) is 5.75 Å². The maximum atomic E-state index is 13.4. The van der Waals surface area contributed by atoms with E-state index in [9.17, 15) is 14.5 Å². The normalized spacial score (nSPS) is 10.5. The molecule has 0 amide bonds. The third-order valence-corrected chi connectivity index (χ3v) is 2.67. The van der Waals surface area contributed by atoms with Gasteiger partial charge < -0.3 is 9.30 Å². The van der Waals surface area contributed by atoms with Gasteiger partial charge in [-0.2, -0.15) is 4.39 Å². The van der Waals surface area contributed by atoms with Gasteiger partial charge in [-0.1, -0.05) is 0 Å². The maximum Gasteiger partial charge on any atom is 0.305 e. The van der Waals surface area contributed by atoms with Gasteiger partial charge in [-0.25, -0.2) is 0 Å². The summed E-state index contributed by atoms with van der Waals surface area (Å²) in [6.07, 6.45) is 0. The van der Waals surface area contributed by atoms with E-state index in [4.69, 9.17) is 4.74 Å². The van der Waals surface area contributed by atoms with Crippen LogP contribution in [0.3, 0.4) is 0 Å².